The molecule has 0 amide bonds. The van der Waals surface area contributed by atoms with Crippen LogP contribution in [-0.2, 0) is 4.74 Å². The van der Waals surface area contributed by atoms with E-state index in [1.165, 1.54) is 0 Å². The molecule has 9 heteroatoms. The van der Waals surface area contributed by atoms with Gasteiger partial charge >= 0.3 is 11.9 Å². The molecule has 0 bridgehead atoms. The Morgan fingerprint density at radius 1 is 0.609 bits per heavy atom. The standard InChI is InChI=1S/C14H4Br6O3/c15-5-1-3-7(17)11(19)9(5)13(21)23-14(22)10-6(16)2-4-8(18)12(10)20/h1-4H. The van der Waals surface area contributed by atoms with Crippen LogP contribution in [0.3, 0.4) is 0 Å². The van der Waals surface area contributed by atoms with Crippen molar-refractivity contribution in [3.63, 3.8) is 0 Å². The molecule has 0 fully saturated rings. The summed E-state index contributed by atoms with van der Waals surface area (Å²) < 4.78 is 8.38. The zero-order valence-electron chi connectivity index (χ0n) is 10.8. The van der Waals surface area contributed by atoms with Crippen molar-refractivity contribution in [1.82, 2.24) is 0 Å². The van der Waals surface area contributed by atoms with Crippen LogP contribution in [0.2, 0.25) is 0 Å². The number of hydrogen-bond acceptors (Lipinski definition) is 3. The Hall–Kier alpha value is 0.460. The first-order chi connectivity index (χ1) is 10.7. The number of carbonyl (C=O) groups excluding carboxylic acids is 2. The Morgan fingerprint density at radius 2 is 0.913 bits per heavy atom. The van der Waals surface area contributed by atoms with Crippen LogP contribution >= 0.6 is 95.6 Å². The molecule has 0 aliphatic carbocycles. The fourth-order valence-corrected chi connectivity index (χ4v) is 4.81. The van der Waals surface area contributed by atoms with E-state index in [-0.39, 0.29) is 11.1 Å². The highest BCUT2D eigenvalue weighted by Crippen LogP contribution is 2.35. The summed E-state index contributed by atoms with van der Waals surface area (Å²) in [6.45, 7) is 0. The number of halogens is 6. The van der Waals surface area contributed by atoms with E-state index in [1.54, 1.807) is 24.3 Å². The molecule has 3 nitrogen and oxygen atoms in total. The van der Waals surface area contributed by atoms with Gasteiger partial charge in [-0.25, -0.2) is 9.59 Å². The van der Waals surface area contributed by atoms with Gasteiger partial charge in [0.2, 0.25) is 0 Å². The molecular weight excluding hydrogens is 696 g/mol. The lowest BCUT2D eigenvalue weighted by Gasteiger charge is -2.10. The molecule has 0 saturated heterocycles. The van der Waals surface area contributed by atoms with Gasteiger partial charge in [0.05, 0.1) is 11.1 Å². The van der Waals surface area contributed by atoms with E-state index in [2.05, 4.69) is 95.6 Å². The smallest absolute Gasteiger partial charge is 0.348 e. The number of hydrogen-bond donors (Lipinski definition) is 0. The van der Waals surface area contributed by atoms with Crippen molar-refractivity contribution in [1.29, 1.82) is 0 Å². The Balaban J connectivity index is 2.37. The highest BCUT2D eigenvalue weighted by Gasteiger charge is 2.24. The third kappa shape index (κ3) is 4.36. The van der Waals surface area contributed by atoms with Gasteiger partial charge in [-0.1, -0.05) is 0 Å². The lowest BCUT2D eigenvalue weighted by atomic mass is 10.2. The Labute approximate surface area is 182 Å². The summed E-state index contributed by atoms with van der Waals surface area (Å²) >= 11 is 19.8. The molecule has 0 N–H and O–H groups in total. The van der Waals surface area contributed by atoms with E-state index < -0.39 is 11.9 Å². The summed E-state index contributed by atoms with van der Waals surface area (Å²) in [6, 6.07) is 6.88. The molecule has 0 aliphatic heterocycles. The van der Waals surface area contributed by atoms with Gasteiger partial charge in [-0.3, -0.25) is 0 Å². The van der Waals surface area contributed by atoms with Crippen molar-refractivity contribution in [3.05, 3.63) is 62.2 Å². The monoisotopic (exact) mass is 694 g/mol. The Kier molecular flexibility index (Phi) is 7.07. The van der Waals surface area contributed by atoms with Gasteiger partial charge in [0, 0.05) is 26.8 Å². The summed E-state index contributed by atoms with van der Waals surface area (Å²) in [5, 5.41) is 0. The molecule has 120 valence electrons. The van der Waals surface area contributed by atoms with Crippen LogP contribution in [0.1, 0.15) is 20.7 Å². The first-order valence-corrected chi connectivity index (χ1v) is 10.5. The van der Waals surface area contributed by atoms with E-state index in [0.717, 1.165) is 0 Å². The van der Waals surface area contributed by atoms with Crippen LogP contribution in [0, 0.1) is 0 Å². The minimum atomic E-state index is -0.770. The Morgan fingerprint density at radius 3 is 1.26 bits per heavy atom. The number of esters is 2. The molecule has 0 unspecified atom stereocenters. The molecule has 0 aliphatic rings. The summed E-state index contributed by atoms with van der Waals surface area (Å²) in [7, 11) is 0. The molecular formula is C14H4Br6O3. The molecule has 0 saturated carbocycles. The van der Waals surface area contributed by atoms with Crippen LogP contribution in [-0.4, -0.2) is 11.9 Å². The molecule has 0 atom stereocenters. The predicted molar refractivity (Wildman–Crippen MR) is 109 cm³/mol. The lowest BCUT2D eigenvalue weighted by Crippen LogP contribution is -2.15. The molecule has 0 aromatic heterocycles. The molecule has 2 rings (SSSR count). The second-order valence-corrected chi connectivity index (χ2v) is 9.12. The first-order valence-electron chi connectivity index (χ1n) is 5.77. The predicted octanol–water partition coefficient (Wildman–Crippen LogP) is 7.26. The van der Waals surface area contributed by atoms with Crippen molar-refractivity contribution in [2.24, 2.45) is 0 Å². The van der Waals surface area contributed by atoms with Crippen molar-refractivity contribution in [2.45, 2.75) is 0 Å². The van der Waals surface area contributed by atoms with Gasteiger partial charge in [-0.15, -0.1) is 0 Å². The summed E-state index contributed by atoms with van der Waals surface area (Å²) in [5.41, 5.74) is 0.435. The summed E-state index contributed by atoms with van der Waals surface area (Å²) in [6.07, 6.45) is 0. The quantitative estimate of drug-likeness (QED) is 0.189. The van der Waals surface area contributed by atoms with Gasteiger partial charge in [0.1, 0.15) is 0 Å². The maximum absolute atomic E-state index is 12.4. The summed E-state index contributed by atoms with van der Waals surface area (Å²) in [5.74, 6) is -1.54. The second-order valence-electron chi connectivity index (χ2n) is 4.11. The van der Waals surface area contributed by atoms with Crippen LogP contribution < -0.4 is 0 Å². The average Bonchev–Trinajstić information content (AvgIpc) is 2.47. The lowest BCUT2D eigenvalue weighted by molar-refractivity contribution is 0.0395. The van der Waals surface area contributed by atoms with Gasteiger partial charge in [0.25, 0.3) is 0 Å². The van der Waals surface area contributed by atoms with Gasteiger partial charge in [0.15, 0.2) is 0 Å². The highest BCUT2D eigenvalue weighted by molar-refractivity contribution is 9.13. The van der Waals surface area contributed by atoms with E-state index in [0.29, 0.717) is 26.8 Å². The number of rotatable bonds is 2. The first kappa shape index (κ1) is 19.8. The highest BCUT2D eigenvalue weighted by atomic mass is 79.9. The van der Waals surface area contributed by atoms with Crippen molar-refractivity contribution < 1.29 is 14.3 Å². The van der Waals surface area contributed by atoms with Crippen molar-refractivity contribution in [3.8, 4) is 0 Å². The largest absolute Gasteiger partial charge is 0.386 e. The van der Waals surface area contributed by atoms with Crippen LogP contribution in [0.4, 0.5) is 0 Å². The van der Waals surface area contributed by atoms with Crippen molar-refractivity contribution >= 4 is 108 Å². The topological polar surface area (TPSA) is 43.4 Å². The third-order valence-electron chi connectivity index (χ3n) is 2.68. The maximum atomic E-state index is 12.4. The summed E-state index contributed by atoms with van der Waals surface area (Å²) in [4.78, 5) is 24.7. The minimum absolute atomic E-state index is 0.218. The van der Waals surface area contributed by atoms with Crippen LogP contribution in [0.5, 0.6) is 0 Å². The minimum Gasteiger partial charge on any atom is -0.386 e. The third-order valence-corrected chi connectivity index (χ3v) is 8.04. The van der Waals surface area contributed by atoms with E-state index in [9.17, 15) is 9.59 Å². The second kappa shape index (κ2) is 8.23. The molecule has 23 heavy (non-hydrogen) atoms. The Bertz CT molecular complexity index is 751. The zero-order valence-corrected chi connectivity index (χ0v) is 20.3. The van der Waals surface area contributed by atoms with Crippen LogP contribution in [0.15, 0.2) is 51.1 Å². The van der Waals surface area contributed by atoms with Gasteiger partial charge in [-0.05, 0) is 120 Å². The van der Waals surface area contributed by atoms with E-state index in [4.69, 9.17) is 4.74 Å². The van der Waals surface area contributed by atoms with E-state index >= 15 is 0 Å². The molecule has 0 spiro atoms. The van der Waals surface area contributed by atoms with E-state index in [1.807, 2.05) is 0 Å². The zero-order chi connectivity index (χ0) is 17.3. The normalized spacial score (nSPS) is 10.5. The van der Waals surface area contributed by atoms with Crippen molar-refractivity contribution in [2.75, 3.05) is 0 Å². The molecule has 2 aromatic rings. The van der Waals surface area contributed by atoms with Gasteiger partial charge < -0.3 is 4.74 Å². The molecule has 0 heterocycles. The number of benzene rings is 2. The molecule has 0 radical (unpaired) electrons. The SMILES string of the molecule is O=C(OC(=O)c1c(Br)ccc(Br)c1Br)c1c(Br)ccc(Br)c1Br. The fraction of sp³-hybridized carbons (Fsp3) is 0. The number of carbonyl (C=O) groups is 2. The maximum Gasteiger partial charge on any atom is 0.348 e. The van der Waals surface area contributed by atoms with Gasteiger partial charge in [-0.2, -0.15) is 0 Å². The number of ether oxygens (including phenoxy) is 1. The molecule has 2 aromatic carbocycles. The average molecular weight is 700 g/mol. The fourth-order valence-electron chi connectivity index (χ4n) is 1.61. The van der Waals surface area contributed by atoms with Crippen LogP contribution in [0.25, 0.3) is 0 Å².